The maximum absolute atomic E-state index is 11.9. The summed E-state index contributed by atoms with van der Waals surface area (Å²) in [6.07, 6.45) is 1.71. The van der Waals surface area contributed by atoms with Crippen molar-refractivity contribution in [1.82, 2.24) is 9.80 Å². The first-order valence-corrected chi connectivity index (χ1v) is 7.10. The van der Waals surface area contributed by atoms with E-state index >= 15 is 0 Å². The number of primary amides is 1. The van der Waals surface area contributed by atoms with Crippen LogP contribution in [0.15, 0.2) is 24.3 Å². The highest BCUT2D eigenvalue weighted by atomic mass is 16.2. The van der Waals surface area contributed by atoms with Gasteiger partial charge in [0.1, 0.15) is 0 Å². The number of nitrogens with zero attached hydrogens (tertiary/aromatic N) is 2. The van der Waals surface area contributed by atoms with Crippen LogP contribution in [0.3, 0.4) is 0 Å². The summed E-state index contributed by atoms with van der Waals surface area (Å²) in [7, 11) is 3.48. The van der Waals surface area contributed by atoms with Crippen LogP contribution < -0.4 is 11.1 Å². The number of piperidine rings is 1. The topological polar surface area (TPSA) is 78.7 Å². The van der Waals surface area contributed by atoms with Crippen LogP contribution in [-0.2, 0) is 0 Å². The summed E-state index contributed by atoms with van der Waals surface area (Å²) >= 11 is 0. The largest absolute Gasteiger partial charge is 0.382 e. The van der Waals surface area contributed by atoms with Crippen molar-refractivity contribution in [2.75, 3.05) is 32.5 Å². The van der Waals surface area contributed by atoms with Crippen molar-refractivity contribution in [3.8, 4) is 0 Å². The zero-order valence-corrected chi connectivity index (χ0v) is 12.5. The number of rotatable bonds is 3. The van der Waals surface area contributed by atoms with Gasteiger partial charge in [-0.05, 0) is 31.0 Å². The van der Waals surface area contributed by atoms with Crippen LogP contribution >= 0.6 is 0 Å². The smallest absolute Gasteiger partial charge is 0.314 e. The predicted molar refractivity (Wildman–Crippen MR) is 82.3 cm³/mol. The van der Waals surface area contributed by atoms with Crippen molar-refractivity contribution in [2.45, 2.75) is 18.9 Å². The fourth-order valence-electron chi connectivity index (χ4n) is 2.48. The van der Waals surface area contributed by atoms with E-state index < -0.39 is 0 Å². The van der Waals surface area contributed by atoms with Gasteiger partial charge in [0.05, 0.1) is 0 Å². The molecule has 6 nitrogen and oxygen atoms in total. The molecule has 3 N–H and O–H groups in total. The predicted octanol–water partition coefficient (Wildman–Crippen LogP) is 1.34. The van der Waals surface area contributed by atoms with Crippen molar-refractivity contribution in [3.63, 3.8) is 0 Å². The molecule has 6 heteroatoms. The second-order valence-corrected chi connectivity index (χ2v) is 5.52. The summed E-state index contributed by atoms with van der Waals surface area (Å²) in [4.78, 5) is 26.3. The van der Waals surface area contributed by atoms with Gasteiger partial charge in [0.2, 0.25) is 0 Å². The summed E-state index contributed by atoms with van der Waals surface area (Å²) in [6.45, 7) is 1.34. The van der Waals surface area contributed by atoms with Crippen LogP contribution in [0.4, 0.5) is 10.5 Å². The van der Waals surface area contributed by atoms with Crippen molar-refractivity contribution in [1.29, 1.82) is 0 Å². The average Bonchev–Trinajstić information content (AvgIpc) is 2.47. The molecule has 0 atom stereocenters. The van der Waals surface area contributed by atoms with Crippen LogP contribution in [-0.4, -0.2) is 55.0 Å². The van der Waals surface area contributed by atoms with E-state index in [-0.39, 0.29) is 11.9 Å². The first-order chi connectivity index (χ1) is 9.97. The number of nitrogens with one attached hydrogen (secondary N) is 1. The van der Waals surface area contributed by atoms with Gasteiger partial charge >= 0.3 is 6.03 Å². The number of hydrogen-bond donors (Lipinski definition) is 2. The van der Waals surface area contributed by atoms with Crippen molar-refractivity contribution >= 4 is 17.6 Å². The number of amides is 3. The Morgan fingerprint density at radius 1 is 1.29 bits per heavy atom. The molecule has 21 heavy (non-hydrogen) atoms. The Hall–Kier alpha value is -2.24. The Labute approximate surface area is 124 Å². The molecule has 1 aromatic rings. The molecule has 0 saturated carbocycles. The van der Waals surface area contributed by atoms with Crippen LogP contribution in [0.5, 0.6) is 0 Å². The Kier molecular flexibility index (Phi) is 4.67. The van der Waals surface area contributed by atoms with Gasteiger partial charge in [-0.15, -0.1) is 0 Å². The Morgan fingerprint density at radius 3 is 2.52 bits per heavy atom. The summed E-state index contributed by atoms with van der Waals surface area (Å²) < 4.78 is 0. The number of carbonyl (C=O) groups is 2. The fraction of sp³-hybridized carbons (Fsp3) is 0.467. The van der Waals surface area contributed by atoms with Gasteiger partial charge in [0.15, 0.2) is 0 Å². The third kappa shape index (κ3) is 3.87. The summed E-state index contributed by atoms with van der Waals surface area (Å²) in [5.41, 5.74) is 6.87. The molecule has 0 radical (unpaired) electrons. The molecule has 0 bridgehead atoms. The number of likely N-dealkylation sites (tertiary alicyclic amines) is 1. The standard InChI is InChI=1S/C15H22N4O2/c1-18(2)14(20)11-4-3-5-13(10-11)17-12-6-8-19(9-7-12)15(16)21/h3-5,10,12,17H,6-9H2,1-2H3,(H2,16,21). The molecule has 3 amide bonds. The third-order valence-corrected chi connectivity index (χ3v) is 3.69. The third-order valence-electron chi connectivity index (χ3n) is 3.69. The molecule has 0 spiro atoms. The van der Waals surface area contributed by atoms with Gasteiger partial charge in [-0.25, -0.2) is 4.79 Å². The van der Waals surface area contributed by atoms with Crippen LogP contribution in [0.1, 0.15) is 23.2 Å². The number of hydrogen-bond acceptors (Lipinski definition) is 3. The number of urea groups is 1. The monoisotopic (exact) mass is 290 g/mol. The number of carbonyl (C=O) groups excluding carboxylic acids is 2. The molecule has 0 aromatic heterocycles. The number of benzene rings is 1. The summed E-state index contributed by atoms with van der Waals surface area (Å²) in [6, 6.07) is 7.44. The van der Waals surface area contributed by atoms with Gasteiger partial charge in [-0.3, -0.25) is 4.79 Å². The summed E-state index contributed by atoms with van der Waals surface area (Å²) in [5.74, 6) is -0.0119. The molecule has 1 aliphatic rings. The SMILES string of the molecule is CN(C)C(=O)c1cccc(NC2CCN(C(N)=O)CC2)c1. The second-order valence-electron chi connectivity index (χ2n) is 5.52. The van der Waals surface area contributed by atoms with E-state index in [9.17, 15) is 9.59 Å². The molecule has 1 saturated heterocycles. The van der Waals surface area contributed by atoms with Crippen molar-refractivity contribution in [2.24, 2.45) is 5.73 Å². The van der Waals surface area contributed by atoms with Gasteiger partial charge < -0.3 is 20.9 Å². The minimum Gasteiger partial charge on any atom is -0.382 e. The van der Waals surface area contributed by atoms with Gasteiger partial charge in [-0.2, -0.15) is 0 Å². The molecule has 2 rings (SSSR count). The van der Waals surface area contributed by atoms with Crippen molar-refractivity contribution in [3.05, 3.63) is 29.8 Å². The lowest BCUT2D eigenvalue weighted by Crippen LogP contribution is -2.44. The minimum absolute atomic E-state index is 0.0119. The van der Waals surface area contributed by atoms with E-state index in [4.69, 9.17) is 5.73 Å². The first kappa shape index (κ1) is 15.2. The second kappa shape index (κ2) is 6.47. The molecule has 1 aromatic carbocycles. The zero-order chi connectivity index (χ0) is 15.4. The highest BCUT2D eigenvalue weighted by Crippen LogP contribution is 2.18. The fourth-order valence-corrected chi connectivity index (χ4v) is 2.48. The van der Waals surface area contributed by atoms with E-state index in [1.54, 1.807) is 23.9 Å². The van der Waals surface area contributed by atoms with Crippen LogP contribution in [0.25, 0.3) is 0 Å². The van der Waals surface area contributed by atoms with Gasteiger partial charge in [0, 0.05) is 44.5 Å². The lowest BCUT2D eigenvalue weighted by atomic mass is 10.0. The van der Waals surface area contributed by atoms with Gasteiger partial charge in [-0.1, -0.05) is 6.07 Å². The first-order valence-electron chi connectivity index (χ1n) is 7.10. The highest BCUT2D eigenvalue weighted by Gasteiger charge is 2.21. The number of anilines is 1. The molecule has 1 aliphatic heterocycles. The molecule has 0 unspecified atom stereocenters. The molecular weight excluding hydrogens is 268 g/mol. The van der Waals surface area contributed by atoms with Gasteiger partial charge in [0.25, 0.3) is 5.91 Å². The molecule has 114 valence electrons. The number of nitrogens with two attached hydrogens (primary N) is 1. The quantitative estimate of drug-likeness (QED) is 0.882. The lowest BCUT2D eigenvalue weighted by Gasteiger charge is -2.31. The Balaban J connectivity index is 1.96. The van der Waals surface area contributed by atoms with E-state index in [0.717, 1.165) is 18.5 Å². The normalized spacial score (nSPS) is 15.6. The van der Waals surface area contributed by atoms with E-state index in [0.29, 0.717) is 24.7 Å². The minimum atomic E-state index is -0.355. The Bertz CT molecular complexity index is 522. The molecule has 1 fully saturated rings. The highest BCUT2D eigenvalue weighted by molar-refractivity contribution is 5.94. The summed E-state index contributed by atoms with van der Waals surface area (Å²) in [5, 5.41) is 3.42. The molecule has 0 aliphatic carbocycles. The molecular formula is C15H22N4O2. The lowest BCUT2D eigenvalue weighted by molar-refractivity contribution is 0.0827. The van der Waals surface area contributed by atoms with E-state index in [2.05, 4.69) is 5.32 Å². The maximum atomic E-state index is 11.9. The maximum Gasteiger partial charge on any atom is 0.314 e. The van der Waals surface area contributed by atoms with Crippen LogP contribution in [0.2, 0.25) is 0 Å². The Morgan fingerprint density at radius 2 is 1.95 bits per heavy atom. The van der Waals surface area contributed by atoms with Crippen LogP contribution in [0, 0.1) is 0 Å². The van der Waals surface area contributed by atoms with Crippen molar-refractivity contribution < 1.29 is 9.59 Å². The van der Waals surface area contributed by atoms with E-state index in [1.165, 1.54) is 0 Å². The zero-order valence-electron chi connectivity index (χ0n) is 12.5. The van der Waals surface area contributed by atoms with E-state index in [1.807, 2.05) is 24.3 Å². The molecule has 1 heterocycles. The average molecular weight is 290 g/mol.